The van der Waals surface area contributed by atoms with E-state index in [4.69, 9.17) is 0 Å². The highest BCUT2D eigenvalue weighted by atomic mass is 79.9. The van der Waals surface area contributed by atoms with Crippen LogP contribution in [0.25, 0.3) is 0 Å². The summed E-state index contributed by atoms with van der Waals surface area (Å²) in [6.07, 6.45) is 0.706. The Kier molecular flexibility index (Phi) is 4.98. The van der Waals surface area contributed by atoms with Gasteiger partial charge in [-0.25, -0.2) is 0 Å². The molecule has 106 valence electrons. The number of phenolic OH excluding ortho intramolecular Hbond substituents is 1. The summed E-state index contributed by atoms with van der Waals surface area (Å²) >= 11 is 3.38. The Bertz CT molecular complexity index is 474. The average Bonchev–Trinajstić information content (AvgIpc) is 2.34. The van der Waals surface area contributed by atoms with Gasteiger partial charge in [-0.05, 0) is 45.5 Å². The molecule has 0 aliphatic rings. The number of rotatable bonds is 5. The van der Waals surface area contributed by atoms with Gasteiger partial charge in [0.1, 0.15) is 11.3 Å². The standard InChI is InChI=1S/C14H20BrNO3/c1-5-11(16(4)14(2,3)13(18)19)10-8-9(15)6-7-12(10)17/h6-8,11,17H,5H2,1-4H3,(H,18,19). The maximum absolute atomic E-state index is 11.4. The van der Waals surface area contributed by atoms with Crippen molar-refractivity contribution in [1.82, 2.24) is 4.90 Å². The fourth-order valence-electron chi connectivity index (χ4n) is 2.04. The molecule has 1 aromatic rings. The number of phenols is 1. The van der Waals surface area contributed by atoms with Crippen LogP contribution in [0.3, 0.4) is 0 Å². The van der Waals surface area contributed by atoms with Gasteiger partial charge in [-0.15, -0.1) is 0 Å². The van der Waals surface area contributed by atoms with Gasteiger partial charge in [0.2, 0.25) is 0 Å². The SMILES string of the molecule is CCC(c1cc(Br)ccc1O)N(C)C(C)(C)C(=O)O. The second-order valence-corrected chi connectivity index (χ2v) is 6.02. The lowest BCUT2D eigenvalue weighted by molar-refractivity contribution is -0.150. The van der Waals surface area contributed by atoms with Gasteiger partial charge in [0.15, 0.2) is 0 Å². The first-order valence-electron chi connectivity index (χ1n) is 6.16. The monoisotopic (exact) mass is 329 g/mol. The van der Waals surface area contributed by atoms with E-state index in [9.17, 15) is 15.0 Å². The number of likely N-dealkylation sites (N-methyl/N-ethyl adjacent to an activating group) is 1. The molecular weight excluding hydrogens is 310 g/mol. The molecule has 0 heterocycles. The maximum atomic E-state index is 11.4. The molecule has 0 radical (unpaired) electrons. The van der Waals surface area contributed by atoms with Crippen LogP contribution in [-0.4, -0.2) is 33.7 Å². The molecule has 0 fully saturated rings. The van der Waals surface area contributed by atoms with Crippen LogP contribution in [0.5, 0.6) is 5.75 Å². The second-order valence-electron chi connectivity index (χ2n) is 5.10. The van der Waals surface area contributed by atoms with Gasteiger partial charge in [-0.1, -0.05) is 22.9 Å². The molecule has 4 nitrogen and oxygen atoms in total. The number of carboxylic acid groups (broad SMARTS) is 1. The molecule has 0 saturated heterocycles. The molecule has 0 bridgehead atoms. The highest BCUT2D eigenvalue weighted by molar-refractivity contribution is 9.10. The van der Waals surface area contributed by atoms with Crippen LogP contribution in [0.1, 0.15) is 38.8 Å². The topological polar surface area (TPSA) is 60.8 Å². The Morgan fingerprint density at radius 1 is 1.47 bits per heavy atom. The lowest BCUT2D eigenvalue weighted by Gasteiger charge is -2.38. The highest BCUT2D eigenvalue weighted by Gasteiger charge is 2.36. The van der Waals surface area contributed by atoms with E-state index in [2.05, 4.69) is 15.9 Å². The number of aliphatic carboxylic acids is 1. The Hall–Kier alpha value is -1.07. The summed E-state index contributed by atoms with van der Waals surface area (Å²) < 4.78 is 0.861. The molecule has 0 saturated carbocycles. The minimum absolute atomic E-state index is 0.163. The molecule has 0 spiro atoms. The Morgan fingerprint density at radius 3 is 2.53 bits per heavy atom. The van der Waals surface area contributed by atoms with E-state index in [0.29, 0.717) is 6.42 Å². The summed E-state index contributed by atoms with van der Waals surface area (Å²) in [7, 11) is 1.77. The molecule has 1 rings (SSSR count). The van der Waals surface area contributed by atoms with Crippen molar-refractivity contribution in [3.63, 3.8) is 0 Å². The van der Waals surface area contributed by atoms with E-state index in [1.54, 1.807) is 37.9 Å². The van der Waals surface area contributed by atoms with Crippen molar-refractivity contribution < 1.29 is 15.0 Å². The normalized spacial score (nSPS) is 13.6. The number of hydrogen-bond acceptors (Lipinski definition) is 3. The predicted octanol–water partition coefficient (Wildman–Crippen LogP) is 3.40. The molecule has 0 aliphatic heterocycles. The molecule has 1 atom stereocenters. The fourth-order valence-corrected chi connectivity index (χ4v) is 2.41. The predicted molar refractivity (Wildman–Crippen MR) is 78.3 cm³/mol. The van der Waals surface area contributed by atoms with Gasteiger partial charge < -0.3 is 10.2 Å². The number of aromatic hydroxyl groups is 1. The van der Waals surface area contributed by atoms with Crippen LogP contribution in [0.4, 0.5) is 0 Å². The van der Waals surface area contributed by atoms with Crippen molar-refractivity contribution in [3.8, 4) is 5.75 Å². The number of carbonyl (C=O) groups is 1. The number of halogens is 1. The van der Waals surface area contributed by atoms with Gasteiger partial charge >= 0.3 is 5.97 Å². The van der Waals surface area contributed by atoms with E-state index in [0.717, 1.165) is 10.0 Å². The van der Waals surface area contributed by atoms with Crippen LogP contribution in [0.15, 0.2) is 22.7 Å². The van der Waals surface area contributed by atoms with Crippen molar-refractivity contribution in [1.29, 1.82) is 0 Å². The molecule has 2 N–H and O–H groups in total. The zero-order valence-electron chi connectivity index (χ0n) is 11.6. The van der Waals surface area contributed by atoms with Crippen molar-refractivity contribution in [2.24, 2.45) is 0 Å². The molecular formula is C14H20BrNO3. The number of nitrogens with zero attached hydrogens (tertiary/aromatic N) is 1. The minimum Gasteiger partial charge on any atom is -0.508 e. The van der Waals surface area contributed by atoms with E-state index in [-0.39, 0.29) is 11.8 Å². The Balaban J connectivity index is 3.20. The maximum Gasteiger partial charge on any atom is 0.323 e. The first-order valence-corrected chi connectivity index (χ1v) is 6.95. The molecule has 0 aliphatic carbocycles. The first kappa shape index (κ1) is 16.0. The van der Waals surface area contributed by atoms with Crippen molar-refractivity contribution in [3.05, 3.63) is 28.2 Å². The zero-order valence-corrected chi connectivity index (χ0v) is 13.2. The quantitative estimate of drug-likeness (QED) is 0.869. The number of carboxylic acids is 1. The summed E-state index contributed by atoms with van der Waals surface area (Å²) in [4.78, 5) is 13.1. The summed E-state index contributed by atoms with van der Waals surface area (Å²) in [5.74, 6) is -0.703. The van der Waals surface area contributed by atoms with E-state index >= 15 is 0 Å². The van der Waals surface area contributed by atoms with E-state index in [1.165, 1.54) is 0 Å². The largest absolute Gasteiger partial charge is 0.508 e. The number of hydrogen-bond donors (Lipinski definition) is 2. The van der Waals surface area contributed by atoms with Gasteiger partial charge in [0.05, 0.1) is 0 Å². The molecule has 5 heteroatoms. The third kappa shape index (κ3) is 3.28. The molecule has 0 aromatic heterocycles. The smallest absolute Gasteiger partial charge is 0.323 e. The third-order valence-electron chi connectivity index (χ3n) is 3.61. The van der Waals surface area contributed by atoms with E-state index < -0.39 is 11.5 Å². The van der Waals surface area contributed by atoms with Crippen LogP contribution >= 0.6 is 15.9 Å². The van der Waals surface area contributed by atoms with Crippen LogP contribution < -0.4 is 0 Å². The number of benzene rings is 1. The van der Waals surface area contributed by atoms with Crippen LogP contribution in [-0.2, 0) is 4.79 Å². The zero-order chi connectivity index (χ0) is 14.8. The second kappa shape index (κ2) is 5.92. The summed E-state index contributed by atoms with van der Waals surface area (Å²) in [5, 5.41) is 19.3. The van der Waals surface area contributed by atoms with Crippen LogP contribution in [0, 0.1) is 0 Å². The van der Waals surface area contributed by atoms with E-state index in [1.807, 2.05) is 13.0 Å². The molecule has 1 unspecified atom stereocenters. The fraction of sp³-hybridized carbons (Fsp3) is 0.500. The summed E-state index contributed by atoms with van der Waals surface area (Å²) in [5.41, 5.74) is -0.274. The molecule has 19 heavy (non-hydrogen) atoms. The van der Waals surface area contributed by atoms with Crippen LogP contribution in [0.2, 0.25) is 0 Å². The first-order chi connectivity index (χ1) is 8.71. The summed E-state index contributed by atoms with van der Waals surface area (Å²) in [6, 6.07) is 5.04. The lowest BCUT2D eigenvalue weighted by Crippen LogP contribution is -2.49. The summed E-state index contributed by atoms with van der Waals surface area (Å²) in [6.45, 7) is 5.29. The third-order valence-corrected chi connectivity index (χ3v) is 4.10. The van der Waals surface area contributed by atoms with Gasteiger partial charge in [-0.3, -0.25) is 9.69 Å². The Morgan fingerprint density at radius 2 is 2.05 bits per heavy atom. The van der Waals surface area contributed by atoms with Gasteiger partial charge in [-0.2, -0.15) is 0 Å². The molecule has 1 aromatic carbocycles. The van der Waals surface area contributed by atoms with Crippen molar-refractivity contribution in [2.45, 2.75) is 38.8 Å². The van der Waals surface area contributed by atoms with Gasteiger partial charge in [0.25, 0.3) is 0 Å². The molecule has 0 amide bonds. The highest BCUT2D eigenvalue weighted by Crippen LogP contribution is 2.35. The Labute approximate surface area is 122 Å². The minimum atomic E-state index is -1.00. The lowest BCUT2D eigenvalue weighted by atomic mass is 9.95. The van der Waals surface area contributed by atoms with Gasteiger partial charge in [0, 0.05) is 16.1 Å². The average molecular weight is 330 g/mol. The van der Waals surface area contributed by atoms with Crippen molar-refractivity contribution >= 4 is 21.9 Å². The van der Waals surface area contributed by atoms with Crippen molar-refractivity contribution in [2.75, 3.05) is 7.05 Å².